The third-order valence-electron chi connectivity index (χ3n) is 14.7. The van der Waals surface area contributed by atoms with E-state index in [1.54, 1.807) is 19.9 Å². The number of Topliss-reactive ketones (excluding diaryl/α,β-unsaturated/α-hetero) is 1. The van der Waals surface area contributed by atoms with E-state index in [1.807, 2.05) is 108 Å². The Morgan fingerprint density at radius 3 is 1.80 bits per heavy atom. The Morgan fingerprint density at radius 2 is 1.24 bits per heavy atom. The number of hydrogen-bond acceptors (Lipinski definition) is 10. The number of hydrogen-bond donors (Lipinski definition) is 4. The number of carbonyl (C=O) groups excluding carboxylic acids is 8. The molecule has 4 N–H and O–H groups in total. The molecule has 0 saturated heterocycles. The predicted molar refractivity (Wildman–Crippen MR) is 295 cm³/mol. The molecule has 0 heterocycles. The standard InChI is InChI=1S/C60H84N6O10/c1-14-37(5)53(64-55(69)41(9)62-60(74)75-35-49-47-30-21-19-28-45(47)46-29-20-22-31-48(46)49)39(7)24-23-25-40(8)59(73)76-51(32-36(3)4)56(70)61-42(10)57(71)66(13)50(33-44-26-17-16-18-27-44)58(72)65(12)34-52(68)63-54(43(11)67)38(6)15-2/h16-22,25-31,36-39,41-42,49-51,53-54H,14-15,23-24,32-35H2,1-13H3,(H,61,70)(H,62,74)(H,63,68)(H,64,69)/b40-25+/t37?,38?,39-,41?,42+,50?,51+,53+,54-/m0/s1. The van der Waals surface area contributed by atoms with E-state index in [2.05, 4.69) is 40.3 Å². The Labute approximate surface area is 450 Å². The smallest absolute Gasteiger partial charge is 0.407 e. The molecule has 0 saturated carbocycles. The largest absolute Gasteiger partial charge is 0.449 e. The van der Waals surface area contributed by atoms with Gasteiger partial charge in [-0.15, -0.1) is 0 Å². The molecule has 3 aromatic rings. The van der Waals surface area contributed by atoms with Crippen molar-refractivity contribution in [2.75, 3.05) is 27.2 Å². The number of amides is 6. The van der Waals surface area contributed by atoms with Gasteiger partial charge in [0.1, 0.15) is 24.7 Å². The summed E-state index contributed by atoms with van der Waals surface area (Å²) in [5.74, 6) is -3.73. The molecule has 0 aromatic heterocycles. The highest BCUT2D eigenvalue weighted by Crippen LogP contribution is 2.44. The number of fused-ring (bicyclic) bond motifs is 3. The lowest BCUT2D eigenvalue weighted by molar-refractivity contribution is -0.154. The molecule has 16 heteroatoms. The van der Waals surface area contributed by atoms with E-state index < -0.39 is 66.0 Å². The lowest BCUT2D eigenvalue weighted by Gasteiger charge is -2.33. The van der Waals surface area contributed by atoms with Gasteiger partial charge in [-0.2, -0.15) is 0 Å². The average Bonchev–Trinajstić information content (AvgIpc) is 3.72. The van der Waals surface area contributed by atoms with Crippen molar-refractivity contribution in [2.24, 2.45) is 23.7 Å². The van der Waals surface area contributed by atoms with Crippen LogP contribution in [0.4, 0.5) is 4.79 Å². The lowest BCUT2D eigenvalue weighted by atomic mass is 9.85. The van der Waals surface area contributed by atoms with E-state index in [1.165, 1.54) is 37.7 Å². The predicted octanol–water partition coefficient (Wildman–Crippen LogP) is 7.92. The Kier molecular flexibility index (Phi) is 23.9. The average molecular weight is 1050 g/mol. The number of esters is 1. The number of carbonyl (C=O) groups is 8. The van der Waals surface area contributed by atoms with Gasteiger partial charge in [-0.25, -0.2) is 9.59 Å². The molecule has 4 rings (SSSR count). The maximum atomic E-state index is 14.1. The van der Waals surface area contributed by atoms with Gasteiger partial charge in [-0.3, -0.25) is 28.8 Å². The molecule has 0 fully saturated rings. The van der Waals surface area contributed by atoms with Crippen LogP contribution in [0.15, 0.2) is 90.5 Å². The molecule has 1 aliphatic rings. The second-order valence-electron chi connectivity index (χ2n) is 21.2. The van der Waals surface area contributed by atoms with Crippen LogP contribution in [0.5, 0.6) is 0 Å². The van der Waals surface area contributed by atoms with Gasteiger partial charge in [-0.1, -0.05) is 146 Å². The van der Waals surface area contributed by atoms with E-state index >= 15 is 0 Å². The zero-order valence-corrected chi connectivity index (χ0v) is 47.1. The minimum Gasteiger partial charge on any atom is -0.449 e. The summed E-state index contributed by atoms with van der Waals surface area (Å²) in [5.41, 5.74) is 5.48. The number of ether oxygens (including phenoxy) is 2. The fourth-order valence-corrected chi connectivity index (χ4v) is 9.66. The number of nitrogens with zero attached hydrogens (tertiary/aromatic N) is 2. The first kappa shape index (κ1) is 61.7. The Bertz CT molecular complexity index is 2470. The SMILES string of the molecule is CCC(C)[C@H](NC(=O)CN(C)C(=O)C(Cc1ccccc1)N(C)C(=O)[C@@H](C)NC(=O)[C@@H](CC(C)C)OC(=O)/C(C)=C/CC[C@H](C)[C@H](NC(=O)C(C)NC(=O)OCC1c2ccccc2-c2ccccc21)C(C)CC)C(C)=O. The van der Waals surface area contributed by atoms with Crippen molar-refractivity contribution in [2.45, 2.75) is 157 Å². The minimum atomic E-state index is -1.23. The maximum Gasteiger partial charge on any atom is 0.407 e. The van der Waals surface area contributed by atoms with Crippen LogP contribution in [-0.2, 0) is 49.5 Å². The Balaban J connectivity index is 1.33. The van der Waals surface area contributed by atoms with Crippen molar-refractivity contribution < 1.29 is 47.8 Å². The molecule has 9 atom stereocenters. The number of ketones is 1. The summed E-state index contributed by atoms with van der Waals surface area (Å²) in [6.07, 6.45) is 2.65. The zero-order chi connectivity index (χ0) is 56.4. The molecular formula is C60H84N6O10. The molecule has 4 unspecified atom stereocenters. The summed E-state index contributed by atoms with van der Waals surface area (Å²) < 4.78 is 11.5. The van der Waals surface area contributed by atoms with Crippen LogP contribution in [0.25, 0.3) is 11.1 Å². The first-order valence-electron chi connectivity index (χ1n) is 26.9. The van der Waals surface area contributed by atoms with Crippen LogP contribution in [0, 0.1) is 23.7 Å². The van der Waals surface area contributed by atoms with Crippen LogP contribution in [0.1, 0.15) is 131 Å². The van der Waals surface area contributed by atoms with E-state index in [9.17, 15) is 38.4 Å². The molecule has 0 bridgehead atoms. The molecule has 76 heavy (non-hydrogen) atoms. The molecule has 414 valence electrons. The fourth-order valence-electron chi connectivity index (χ4n) is 9.66. The van der Waals surface area contributed by atoms with Crippen LogP contribution in [0.3, 0.4) is 0 Å². The van der Waals surface area contributed by atoms with Crippen LogP contribution in [0.2, 0.25) is 0 Å². The van der Waals surface area contributed by atoms with Crippen molar-refractivity contribution in [3.05, 3.63) is 107 Å². The fraction of sp³-hybridized carbons (Fsp3) is 0.533. The van der Waals surface area contributed by atoms with Crippen molar-refractivity contribution in [1.82, 2.24) is 31.1 Å². The van der Waals surface area contributed by atoms with Gasteiger partial charge in [0, 0.05) is 38.0 Å². The molecule has 3 aromatic carbocycles. The summed E-state index contributed by atoms with van der Waals surface area (Å²) in [7, 11) is 2.92. The molecule has 0 radical (unpaired) electrons. The van der Waals surface area contributed by atoms with Gasteiger partial charge in [0.05, 0.1) is 12.6 Å². The van der Waals surface area contributed by atoms with Gasteiger partial charge in [-0.05, 0) is 98.4 Å². The van der Waals surface area contributed by atoms with Crippen molar-refractivity contribution >= 4 is 47.4 Å². The Morgan fingerprint density at radius 1 is 0.658 bits per heavy atom. The van der Waals surface area contributed by atoms with Crippen LogP contribution >= 0.6 is 0 Å². The number of nitrogens with one attached hydrogen (secondary N) is 4. The number of rotatable bonds is 28. The van der Waals surface area contributed by atoms with Crippen molar-refractivity contribution in [1.29, 1.82) is 0 Å². The molecule has 16 nitrogen and oxygen atoms in total. The van der Waals surface area contributed by atoms with Crippen molar-refractivity contribution in [3.63, 3.8) is 0 Å². The highest BCUT2D eigenvalue weighted by molar-refractivity contribution is 5.96. The molecule has 1 aliphatic carbocycles. The molecule has 0 spiro atoms. The van der Waals surface area contributed by atoms with Gasteiger partial charge < -0.3 is 40.5 Å². The maximum absolute atomic E-state index is 14.1. The summed E-state index contributed by atoms with van der Waals surface area (Å²) in [5, 5.41) is 11.3. The van der Waals surface area contributed by atoms with Crippen molar-refractivity contribution in [3.8, 4) is 11.1 Å². The zero-order valence-electron chi connectivity index (χ0n) is 47.1. The summed E-state index contributed by atoms with van der Waals surface area (Å²) in [6, 6.07) is 21.2. The minimum absolute atomic E-state index is 0.0281. The molecular weight excluding hydrogens is 965 g/mol. The van der Waals surface area contributed by atoms with Gasteiger partial charge >= 0.3 is 12.1 Å². The van der Waals surface area contributed by atoms with E-state index in [0.29, 0.717) is 24.8 Å². The number of benzene rings is 3. The van der Waals surface area contributed by atoms with Gasteiger partial charge in [0.25, 0.3) is 5.91 Å². The van der Waals surface area contributed by atoms with Gasteiger partial charge in [0.15, 0.2) is 11.9 Å². The topological polar surface area (TPSA) is 210 Å². The van der Waals surface area contributed by atoms with E-state index in [0.717, 1.165) is 34.2 Å². The van der Waals surface area contributed by atoms with Crippen LogP contribution in [-0.4, -0.2) is 121 Å². The third kappa shape index (κ3) is 17.4. The second kappa shape index (κ2) is 29.5. The monoisotopic (exact) mass is 1050 g/mol. The number of likely N-dealkylation sites (N-methyl/N-ethyl adjacent to an activating group) is 2. The highest BCUT2D eigenvalue weighted by atomic mass is 16.6. The van der Waals surface area contributed by atoms with Crippen LogP contribution < -0.4 is 21.3 Å². The van der Waals surface area contributed by atoms with E-state index in [-0.39, 0.29) is 73.3 Å². The number of allylic oxidation sites excluding steroid dienone is 1. The lowest BCUT2D eigenvalue weighted by Crippen LogP contribution is -2.56. The third-order valence-corrected chi connectivity index (χ3v) is 14.7. The molecule has 6 amide bonds. The number of alkyl carbamates (subject to hydrolysis) is 1. The van der Waals surface area contributed by atoms with Gasteiger partial charge in [0.2, 0.25) is 23.6 Å². The Hall–Kier alpha value is -6.84. The first-order chi connectivity index (χ1) is 36.0. The summed E-state index contributed by atoms with van der Waals surface area (Å²) in [4.78, 5) is 110. The highest BCUT2D eigenvalue weighted by Gasteiger charge is 2.36. The summed E-state index contributed by atoms with van der Waals surface area (Å²) >= 11 is 0. The van der Waals surface area contributed by atoms with E-state index in [4.69, 9.17) is 9.47 Å². The first-order valence-corrected chi connectivity index (χ1v) is 26.9. The second-order valence-corrected chi connectivity index (χ2v) is 21.2. The normalized spacial score (nSPS) is 15.7. The summed E-state index contributed by atoms with van der Waals surface area (Å²) in [6.45, 7) is 19.6. The quantitative estimate of drug-likeness (QED) is 0.0408. The molecule has 0 aliphatic heterocycles.